The van der Waals surface area contributed by atoms with Crippen molar-refractivity contribution in [1.82, 2.24) is 10.9 Å². The van der Waals surface area contributed by atoms with E-state index in [9.17, 15) is 9.59 Å². The molecule has 0 aliphatic rings. The second-order valence-electron chi connectivity index (χ2n) is 5.77. The molecule has 9 heteroatoms. The van der Waals surface area contributed by atoms with Crippen LogP contribution in [-0.4, -0.2) is 47.4 Å². The highest BCUT2D eigenvalue weighted by atomic mass is 16.5. The maximum absolute atomic E-state index is 12.4. The number of hydrogen-bond donors (Lipinski definition) is 2. The molecule has 2 aromatic carbocycles. The number of hydrazine groups is 1. The second-order valence-corrected chi connectivity index (χ2v) is 5.77. The maximum atomic E-state index is 12.4. The van der Waals surface area contributed by atoms with Crippen LogP contribution in [0.3, 0.4) is 0 Å². The zero-order valence-electron chi connectivity index (χ0n) is 17.0. The van der Waals surface area contributed by atoms with Gasteiger partial charge in [0.25, 0.3) is 5.91 Å². The molecule has 0 unspecified atom stereocenters. The first-order chi connectivity index (χ1) is 14.0. The molecule has 0 radical (unpaired) electrons. The van der Waals surface area contributed by atoms with Gasteiger partial charge in [-0.25, -0.2) is 0 Å². The first-order valence-electron chi connectivity index (χ1n) is 8.57. The molecule has 0 aromatic heterocycles. The molecular formula is C20H24N2O7. The van der Waals surface area contributed by atoms with Crippen LogP contribution in [0.25, 0.3) is 0 Å². The predicted molar refractivity (Wildman–Crippen MR) is 105 cm³/mol. The number of amides is 2. The number of benzene rings is 2. The Bertz CT molecular complexity index is 858. The van der Waals surface area contributed by atoms with Gasteiger partial charge in [0.05, 0.1) is 42.0 Å². The minimum absolute atomic E-state index is 0.00268. The molecule has 2 rings (SSSR count). The van der Waals surface area contributed by atoms with E-state index in [1.165, 1.54) is 40.6 Å². The van der Waals surface area contributed by atoms with E-state index in [-0.39, 0.29) is 12.0 Å². The summed E-state index contributed by atoms with van der Waals surface area (Å²) in [5.41, 5.74) is 5.61. The zero-order chi connectivity index (χ0) is 21.4. The molecule has 0 aliphatic carbocycles. The summed E-state index contributed by atoms with van der Waals surface area (Å²) >= 11 is 0. The van der Waals surface area contributed by atoms with Crippen molar-refractivity contribution in [1.29, 1.82) is 0 Å². The molecule has 0 bridgehead atoms. The molecule has 29 heavy (non-hydrogen) atoms. The van der Waals surface area contributed by atoms with Crippen LogP contribution in [-0.2, 0) is 11.2 Å². The average Bonchev–Trinajstić information content (AvgIpc) is 2.76. The van der Waals surface area contributed by atoms with Crippen LogP contribution in [0, 0.1) is 0 Å². The standard InChI is InChI=1S/C20H24N2O7/c1-25-14-7-6-12(15(11-14)26-2)10-18(23)21-22-20(24)13-8-16(27-3)19(29-5)17(9-13)28-4/h6-9,11H,10H2,1-5H3,(H,21,23)(H,22,24). The number of ether oxygens (including phenoxy) is 5. The molecule has 156 valence electrons. The van der Waals surface area contributed by atoms with E-state index in [2.05, 4.69) is 10.9 Å². The summed E-state index contributed by atoms with van der Waals surface area (Å²) in [7, 11) is 7.40. The molecule has 0 spiro atoms. The average molecular weight is 404 g/mol. The van der Waals surface area contributed by atoms with Crippen molar-refractivity contribution in [2.24, 2.45) is 0 Å². The van der Waals surface area contributed by atoms with Gasteiger partial charge in [-0.2, -0.15) is 0 Å². The van der Waals surface area contributed by atoms with E-state index < -0.39 is 11.8 Å². The third-order valence-electron chi connectivity index (χ3n) is 4.09. The van der Waals surface area contributed by atoms with E-state index >= 15 is 0 Å². The summed E-state index contributed by atoms with van der Waals surface area (Å²) in [6.45, 7) is 0. The third-order valence-corrected chi connectivity index (χ3v) is 4.09. The first-order valence-corrected chi connectivity index (χ1v) is 8.57. The molecule has 2 aromatic rings. The van der Waals surface area contributed by atoms with Crippen molar-refractivity contribution in [3.63, 3.8) is 0 Å². The summed E-state index contributed by atoms with van der Waals surface area (Å²) in [6, 6.07) is 8.08. The minimum atomic E-state index is -0.542. The summed E-state index contributed by atoms with van der Waals surface area (Å²) in [4.78, 5) is 24.7. The SMILES string of the molecule is COc1ccc(CC(=O)NNC(=O)c2cc(OC)c(OC)c(OC)c2)c(OC)c1. The number of carbonyl (C=O) groups is 2. The Morgan fingerprint density at radius 1 is 0.759 bits per heavy atom. The lowest BCUT2D eigenvalue weighted by atomic mass is 10.1. The van der Waals surface area contributed by atoms with Gasteiger partial charge in [0.2, 0.25) is 11.7 Å². The predicted octanol–water partition coefficient (Wildman–Crippen LogP) is 1.73. The molecule has 0 atom stereocenters. The Balaban J connectivity index is 2.06. The highest BCUT2D eigenvalue weighted by Crippen LogP contribution is 2.38. The van der Waals surface area contributed by atoms with Crippen LogP contribution in [0.4, 0.5) is 0 Å². The third kappa shape index (κ3) is 5.22. The van der Waals surface area contributed by atoms with Crippen molar-refractivity contribution in [2.45, 2.75) is 6.42 Å². The summed E-state index contributed by atoms with van der Waals surface area (Å²) in [6.07, 6.45) is 0.00268. The molecule has 9 nitrogen and oxygen atoms in total. The number of rotatable bonds is 8. The molecule has 0 saturated heterocycles. The van der Waals surface area contributed by atoms with E-state index in [1.54, 1.807) is 25.3 Å². The van der Waals surface area contributed by atoms with Gasteiger partial charge >= 0.3 is 0 Å². The first kappa shape index (κ1) is 21.7. The van der Waals surface area contributed by atoms with Gasteiger partial charge in [-0.1, -0.05) is 6.07 Å². The molecule has 2 N–H and O–H groups in total. The van der Waals surface area contributed by atoms with Gasteiger partial charge in [0.1, 0.15) is 11.5 Å². The lowest BCUT2D eigenvalue weighted by Crippen LogP contribution is -2.42. The van der Waals surface area contributed by atoms with Crippen molar-refractivity contribution < 1.29 is 33.3 Å². The quantitative estimate of drug-likeness (QED) is 0.646. The topological polar surface area (TPSA) is 104 Å². The van der Waals surface area contributed by atoms with Crippen LogP contribution in [0.1, 0.15) is 15.9 Å². The normalized spacial score (nSPS) is 9.97. The Hall–Kier alpha value is -3.62. The lowest BCUT2D eigenvalue weighted by Gasteiger charge is -2.14. The molecule has 0 aliphatic heterocycles. The Labute approximate surface area is 168 Å². The van der Waals surface area contributed by atoms with Gasteiger partial charge < -0.3 is 23.7 Å². The van der Waals surface area contributed by atoms with Crippen LogP contribution in [0.15, 0.2) is 30.3 Å². The van der Waals surface area contributed by atoms with E-state index in [4.69, 9.17) is 23.7 Å². The lowest BCUT2D eigenvalue weighted by molar-refractivity contribution is -0.121. The fourth-order valence-electron chi connectivity index (χ4n) is 2.63. The number of carbonyl (C=O) groups excluding carboxylic acids is 2. The van der Waals surface area contributed by atoms with Crippen molar-refractivity contribution in [3.05, 3.63) is 41.5 Å². The van der Waals surface area contributed by atoms with Gasteiger partial charge in [-0.3, -0.25) is 20.4 Å². The summed E-state index contributed by atoms with van der Waals surface area (Å²) in [5, 5.41) is 0. The molecule has 2 amide bonds. The molecule has 0 heterocycles. The smallest absolute Gasteiger partial charge is 0.269 e. The Kier molecular flexibility index (Phi) is 7.53. The fraction of sp³-hybridized carbons (Fsp3) is 0.300. The number of nitrogens with one attached hydrogen (secondary N) is 2. The van der Waals surface area contributed by atoms with Gasteiger partial charge in [-0.15, -0.1) is 0 Å². The van der Waals surface area contributed by atoms with Crippen molar-refractivity contribution in [3.8, 4) is 28.7 Å². The van der Waals surface area contributed by atoms with Crippen LogP contribution in [0.2, 0.25) is 0 Å². The van der Waals surface area contributed by atoms with Crippen molar-refractivity contribution in [2.75, 3.05) is 35.5 Å². The number of hydrogen-bond acceptors (Lipinski definition) is 7. The minimum Gasteiger partial charge on any atom is -0.497 e. The monoisotopic (exact) mass is 404 g/mol. The number of methoxy groups -OCH3 is 5. The largest absolute Gasteiger partial charge is 0.497 e. The molecular weight excluding hydrogens is 380 g/mol. The molecule has 0 fully saturated rings. The highest BCUT2D eigenvalue weighted by Gasteiger charge is 2.18. The fourth-order valence-corrected chi connectivity index (χ4v) is 2.63. The van der Waals surface area contributed by atoms with Crippen LogP contribution >= 0.6 is 0 Å². The van der Waals surface area contributed by atoms with Crippen LogP contribution < -0.4 is 34.5 Å². The van der Waals surface area contributed by atoms with Gasteiger partial charge in [-0.05, 0) is 18.2 Å². The van der Waals surface area contributed by atoms with E-state index in [1.807, 2.05) is 0 Å². The molecule has 0 saturated carbocycles. The van der Waals surface area contributed by atoms with E-state index in [0.29, 0.717) is 34.3 Å². The van der Waals surface area contributed by atoms with Gasteiger partial charge in [0, 0.05) is 17.2 Å². The second kappa shape index (κ2) is 10.1. The highest BCUT2D eigenvalue weighted by molar-refractivity contribution is 5.96. The Morgan fingerprint density at radius 3 is 1.90 bits per heavy atom. The zero-order valence-corrected chi connectivity index (χ0v) is 17.0. The Morgan fingerprint density at radius 2 is 1.38 bits per heavy atom. The summed E-state index contributed by atoms with van der Waals surface area (Å²) in [5.74, 6) is 1.17. The van der Waals surface area contributed by atoms with Crippen LogP contribution in [0.5, 0.6) is 28.7 Å². The van der Waals surface area contributed by atoms with Gasteiger partial charge in [0.15, 0.2) is 11.5 Å². The maximum Gasteiger partial charge on any atom is 0.269 e. The van der Waals surface area contributed by atoms with Crippen molar-refractivity contribution >= 4 is 11.8 Å². The summed E-state index contributed by atoms with van der Waals surface area (Å²) < 4.78 is 26.1. The van der Waals surface area contributed by atoms with E-state index in [0.717, 1.165) is 0 Å².